The Balaban J connectivity index is 1.78. The lowest BCUT2D eigenvalue weighted by atomic mass is 9.75. The van der Waals surface area contributed by atoms with Crippen molar-refractivity contribution in [3.8, 4) is 0 Å². The maximum absolute atomic E-state index is 12.8. The first-order chi connectivity index (χ1) is 11.4. The average molecular weight is 350 g/mol. The normalized spacial score (nSPS) is 24.7. The molecule has 6 heteroatoms. The molecule has 0 aromatic heterocycles. The van der Waals surface area contributed by atoms with Crippen molar-refractivity contribution in [3.63, 3.8) is 0 Å². The second kappa shape index (κ2) is 6.84. The Hall–Kier alpha value is -1.40. The van der Waals surface area contributed by atoms with E-state index in [-0.39, 0.29) is 10.8 Å². The van der Waals surface area contributed by atoms with Gasteiger partial charge in [-0.05, 0) is 42.9 Å². The van der Waals surface area contributed by atoms with Gasteiger partial charge in [0.2, 0.25) is 10.0 Å². The second-order valence-electron chi connectivity index (χ2n) is 7.16. The molecule has 0 bridgehead atoms. The van der Waals surface area contributed by atoms with Crippen molar-refractivity contribution in [1.82, 2.24) is 9.21 Å². The van der Waals surface area contributed by atoms with Crippen LogP contribution in [0.4, 0.5) is 0 Å². The summed E-state index contributed by atoms with van der Waals surface area (Å²) in [6, 6.07) is 6.41. The summed E-state index contributed by atoms with van der Waals surface area (Å²) in [4.78, 5) is 14.9. The summed E-state index contributed by atoms with van der Waals surface area (Å²) in [6.45, 7) is 1.60. The van der Waals surface area contributed by atoms with Crippen molar-refractivity contribution >= 4 is 15.9 Å². The van der Waals surface area contributed by atoms with Crippen molar-refractivity contribution in [2.45, 2.75) is 37.0 Å². The molecule has 1 saturated carbocycles. The highest BCUT2D eigenvalue weighted by Crippen LogP contribution is 2.36. The van der Waals surface area contributed by atoms with Gasteiger partial charge in [0.1, 0.15) is 0 Å². The van der Waals surface area contributed by atoms with Gasteiger partial charge >= 0.3 is 0 Å². The van der Waals surface area contributed by atoms with Gasteiger partial charge in [0.15, 0.2) is 0 Å². The van der Waals surface area contributed by atoms with Crippen LogP contribution in [0.5, 0.6) is 0 Å². The Bertz CT molecular complexity index is 715. The third-order valence-corrected chi connectivity index (χ3v) is 7.25. The quantitative estimate of drug-likeness (QED) is 0.842. The van der Waals surface area contributed by atoms with Crippen molar-refractivity contribution in [1.29, 1.82) is 0 Å². The molecule has 1 aliphatic carbocycles. The van der Waals surface area contributed by atoms with Gasteiger partial charge in [-0.1, -0.05) is 25.3 Å². The van der Waals surface area contributed by atoms with Gasteiger partial charge in [-0.25, -0.2) is 12.7 Å². The van der Waals surface area contributed by atoms with Crippen molar-refractivity contribution in [2.75, 3.05) is 27.2 Å². The smallest absolute Gasteiger partial charge is 0.253 e. The van der Waals surface area contributed by atoms with E-state index in [1.165, 1.54) is 50.2 Å². The molecule has 1 amide bonds. The van der Waals surface area contributed by atoms with Crippen molar-refractivity contribution < 1.29 is 13.2 Å². The Morgan fingerprint density at radius 2 is 1.83 bits per heavy atom. The number of carbonyl (C=O) groups excluding carboxylic acids is 1. The zero-order chi connectivity index (χ0) is 17.3. The highest BCUT2D eigenvalue weighted by Gasteiger charge is 2.33. The third kappa shape index (κ3) is 3.35. The summed E-state index contributed by atoms with van der Waals surface area (Å²) < 4.78 is 25.7. The van der Waals surface area contributed by atoms with Crippen molar-refractivity contribution in [3.05, 3.63) is 29.8 Å². The molecule has 0 radical (unpaired) electrons. The highest BCUT2D eigenvalue weighted by atomic mass is 32.2. The molecule has 0 N–H and O–H groups in total. The fourth-order valence-electron chi connectivity index (χ4n) is 3.97. The number of hydrogen-bond acceptors (Lipinski definition) is 3. The lowest BCUT2D eigenvalue weighted by Gasteiger charge is -2.41. The molecule has 1 aromatic carbocycles. The Labute approximate surface area is 144 Å². The van der Waals surface area contributed by atoms with Crippen LogP contribution in [0.1, 0.15) is 42.5 Å². The van der Waals surface area contributed by atoms with Crippen LogP contribution in [-0.4, -0.2) is 50.7 Å². The summed E-state index contributed by atoms with van der Waals surface area (Å²) in [7, 11) is -0.525. The third-order valence-electron chi connectivity index (χ3n) is 5.44. The van der Waals surface area contributed by atoms with E-state index in [4.69, 9.17) is 0 Å². The van der Waals surface area contributed by atoms with Crippen LogP contribution in [0.15, 0.2) is 29.2 Å². The number of rotatable bonds is 3. The Morgan fingerprint density at radius 3 is 2.54 bits per heavy atom. The fourth-order valence-corrected chi connectivity index (χ4v) is 4.92. The van der Waals surface area contributed by atoms with Gasteiger partial charge in [-0.15, -0.1) is 0 Å². The van der Waals surface area contributed by atoms with Crippen LogP contribution in [0.3, 0.4) is 0 Å². The van der Waals surface area contributed by atoms with Crippen LogP contribution in [0.25, 0.3) is 0 Å². The lowest BCUT2D eigenvalue weighted by Crippen LogP contribution is -2.44. The van der Waals surface area contributed by atoms with E-state index in [1.54, 1.807) is 18.2 Å². The zero-order valence-corrected chi connectivity index (χ0v) is 15.3. The minimum absolute atomic E-state index is 0.0465. The minimum Gasteiger partial charge on any atom is -0.338 e. The average Bonchev–Trinajstić information content (AvgIpc) is 2.60. The predicted molar refractivity (Wildman–Crippen MR) is 93.3 cm³/mol. The van der Waals surface area contributed by atoms with Gasteiger partial charge in [0.05, 0.1) is 4.90 Å². The number of carbonyl (C=O) groups is 1. The van der Waals surface area contributed by atoms with Crippen LogP contribution in [-0.2, 0) is 10.0 Å². The molecule has 1 heterocycles. The number of nitrogens with zero attached hydrogens (tertiary/aromatic N) is 2. The van der Waals surface area contributed by atoms with Crippen LogP contribution >= 0.6 is 0 Å². The zero-order valence-electron chi connectivity index (χ0n) is 14.4. The predicted octanol–water partition coefficient (Wildman–Crippen LogP) is 2.59. The Kier molecular flexibility index (Phi) is 4.97. The molecule has 1 saturated heterocycles. The maximum atomic E-state index is 12.8. The van der Waals surface area contributed by atoms with E-state index in [9.17, 15) is 13.2 Å². The summed E-state index contributed by atoms with van der Waals surface area (Å²) >= 11 is 0. The van der Waals surface area contributed by atoms with E-state index in [0.29, 0.717) is 11.5 Å². The minimum atomic E-state index is -3.52. The molecule has 2 atom stereocenters. The largest absolute Gasteiger partial charge is 0.338 e. The lowest BCUT2D eigenvalue weighted by molar-refractivity contribution is 0.0520. The van der Waals surface area contributed by atoms with E-state index in [0.717, 1.165) is 25.4 Å². The SMILES string of the molecule is CN(C)S(=O)(=O)c1cccc(C(=O)N2CC[C@@H]3CCCC[C@@H]3C2)c1. The number of likely N-dealkylation sites (tertiary alicyclic amines) is 1. The van der Waals surface area contributed by atoms with Gasteiger partial charge in [-0.3, -0.25) is 4.79 Å². The fraction of sp³-hybridized carbons (Fsp3) is 0.611. The van der Waals surface area contributed by atoms with Gasteiger partial charge in [0, 0.05) is 32.7 Å². The first kappa shape index (κ1) is 17.4. The Morgan fingerprint density at radius 1 is 1.12 bits per heavy atom. The highest BCUT2D eigenvalue weighted by molar-refractivity contribution is 7.89. The number of amides is 1. The van der Waals surface area contributed by atoms with Crippen LogP contribution in [0, 0.1) is 11.8 Å². The molecular formula is C18H26N2O3S. The number of hydrogen-bond donors (Lipinski definition) is 0. The first-order valence-electron chi connectivity index (χ1n) is 8.71. The summed E-state index contributed by atoms with van der Waals surface area (Å²) in [6.07, 6.45) is 6.16. The molecule has 3 rings (SSSR count). The molecule has 132 valence electrons. The van der Waals surface area contributed by atoms with Gasteiger partial charge < -0.3 is 4.90 Å². The maximum Gasteiger partial charge on any atom is 0.253 e. The molecule has 24 heavy (non-hydrogen) atoms. The number of fused-ring (bicyclic) bond motifs is 1. The van der Waals surface area contributed by atoms with Crippen molar-refractivity contribution in [2.24, 2.45) is 11.8 Å². The van der Waals surface area contributed by atoms with Gasteiger partial charge in [-0.2, -0.15) is 0 Å². The monoisotopic (exact) mass is 350 g/mol. The topological polar surface area (TPSA) is 57.7 Å². The van der Waals surface area contributed by atoms with Gasteiger partial charge in [0.25, 0.3) is 5.91 Å². The number of sulfonamides is 1. The molecule has 0 unspecified atom stereocenters. The molecule has 1 aromatic rings. The van der Waals surface area contributed by atoms with E-state index in [1.807, 2.05) is 4.90 Å². The number of benzene rings is 1. The summed E-state index contributed by atoms with van der Waals surface area (Å²) in [5, 5.41) is 0. The second-order valence-corrected chi connectivity index (χ2v) is 9.31. The summed E-state index contributed by atoms with van der Waals surface area (Å²) in [5.74, 6) is 1.34. The molecule has 2 aliphatic rings. The van der Waals surface area contributed by atoms with Crippen LogP contribution in [0.2, 0.25) is 0 Å². The molecular weight excluding hydrogens is 324 g/mol. The molecule has 1 aliphatic heterocycles. The van der Waals surface area contributed by atoms with E-state index in [2.05, 4.69) is 0 Å². The van der Waals surface area contributed by atoms with E-state index >= 15 is 0 Å². The summed E-state index contributed by atoms with van der Waals surface area (Å²) in [5.41, 5.74) is 0.465. The van der Waals surface area contributed by atoms with E-state index < -0.39 is 10.0 Å². The van der Waals surface area contributed by atoms with Crippen LogP contribution < -0.4 is 0 Å². The molecule has 2 fully saturated rings. The molecule has 5 nitrogen and oxygen atoms in total. The first-order valence-corrected chi connectivity index (χ1v) is 10.2. The standard InChI is InChI=1S/C18H26N2O3S/c1-19(2)24(22,23)17-9-5-8-15(12-17)18(21)20-11-10-14-6-3-4-7-16(14)13-20/h5,8-9,12,14,16H,3-4,6-7,10-11,13H2,1-2H3/t14-,16+/m0/s1. The molecule has 0 spiro atoms. The number of piperidine rings is 1.